The normalized spacial score (nSPS) is 19.0. The average molecular weight is 226 g/mol. The summed E-state index contributed by atoms with van der Waals surface area (Å²) in [6, 6.07) is -2.45. The van der Waals surface area contributed by atoms with E-state index < -0.39 is 18.3 Å². The van der Waals surface area contributed by atoms with Gasteiger partial charge in [0.2, 0.25) is 0 Å². The van der Waals surface area contributed by atoms with Crippen LogP contribution in [0.4, 0.5) is 13.2 Å². The highest BCUT2D eigenvalue weighted by Crippen LogP contribution is 2.26. The number of hydrogen-bond donors (Lipinski definition) is 1. The first kappa shape index (κ1) is 14.7. The molecule has 0 aliphatic heterocycles. The molecule has 0 heterocycles. The molecule has 2 N–H and O–H groups in total. The van der Waals surface area contributed by atoms with Crippen molar-refractivity contribution < 1.29 is 13.2 Å². The lowest BCUT2D eigenvalue weighted by molar-refractivity contribution is -0.185. The lowest BCUT2D eigenvalue weighted by Gasteiger charge is -2.33. The van der Waals surface area contributed by atoms with Gasteiger partial charge in [-0.15, -0.1) is 0 Å². The van der Waals surface area contributed by atoms with Crippen molar-refractivity contribution in [3.05, 3.63) is 0 Å². The largest absolute Gasteiger partial charge is 0.405 e. The second-order valence-electron chi connectivity index (χ2n) is 4.30. The SMILES string of the molecule is CCC(C)CN(C)C(C(C)N)C(F)(F)F. The first-order valence-electron chi connectivity index (χ1n) is 5.22. The van der Waals surface area contributed by atoms with Crippen molar-refractivity contribution in [3.63, 3.8) is 0 Å². The zero-order valence-electron chi connectivity index (χ0n) is 9.80. The molecule has 0 aromatic heterocycles. The molecule has 3 atom stereocenters. The molecular formula is C10H21F3N2. The minimum Gasteiger partial charge on any atom is -0.326 e. The topological polar surface area (TPSA) is 29.3 Å². The number of likely N-dealkylation sites (N-methyl/N-ethyl adjacent to an activating group) is 1. The molecule has 2 nitrogen and oxygen atoms in total. The summed E-state index contributed by atoms with van der Waals surface area (Å²) in [6.07, 6.45) is -3.38. The molecule has 0 saturated carbocycles. The lowest BCUT2D eigenvalue weighted by atomic mass is 10.0. The summed E-state index contributed by atoms with van der Waals surface area (Å²) < 4.78 is 38.0. The molecule has 0 saturated heterocycles. The Morgan fingerprint density at radius 1 is 1.27 bits per heavy atom. The van der Waals surface area contributed by atoms with Crippen LogP contribution in [0.2, 0.25) is 0 Å². The number of hydrogen-bond acceptors (Lipinski definition) is 2. The maximum absolute atomic E-state index is 12.7. The van der Waals surface area contributed by atoms with Crippen molar-refractivity contribution in [2.75, 3.05) is 13.6 Å². The summed E-state index contributed by atoms with van der Waals surface area (Å²) >= 11 is 0. The summed E-state index contributed by atoms with van der Waals surface area (Å²) in [7, 11) is 1.48. The van der Waals surface area contributed by atoms with Gasteiger partial charge >= 0.3 is 6.18 Å². The standard InChI is InChI=1S/C10H21F3N2/c1-5-7(2)6-15(4)9(8(3)14)10(11,12)13/h7-9H,5-6,14H2,1-4H3. The molecule has 5 heteroatoms. The number of halogens is 3. The molecule has 0 rings (SSSR count). The van der Waals surface area contributed by atoms with Crippen molar-refractivity contribution in [1.82, 2.24) is 4.90 Å². The third kappa shape index (κ3) is 4.84. The van der Waals surface area contributed by atoms with Crippen molar-refractivity contribution in [2.45, 2.75) is 45.5 Å². The van der Waals surface area contributed by atoms with Gasteiger partial charge < -0.3 is 5.73 Å². The molecule has 0 aliphatic carbocycles. The molecule has 0 aromatic rings. The van der Waals surface area contributed by atoms with E-state index in [9.17, 15) is 13.2 Å². The van der Waals surface area contributed by atoms with Gasteiger partial charge in [0.1, 0.15) is 6.04 Å². The number of nitrogens with two attached hydrogens (primary N) is 1. The quantitative estimate of drug-likeness (QED) is 0.779. The summed E-state index contributed by atoms with van der Waals surface area (Å²) in [5, 5.41) is 0. The molecular weight excluding hydrogens is 205 g/mol. The van der Waals surface area contributed by atoms with Crippen molar-refractivity contribution in [2.24, 2.45) is 11.7 Å². The fourth-order valence-corrected chi connectivity index (χ4v) is 1.68. The molecule has 0 amide bonds. The van der Waals surface area contributed by atoms with Crippen LogP contribution in [0.15, 0.2) is 0 Å². The van der Waals surface area contributed by atoms with Gasteiger partial charge in [-0.2, -0.15) is 13.2 Å². The van der Waals surface area contributed by atoms with E-state index in [-0.39, 0.29) is 5.92 Å². The molecule has 0 radical (unpaired) electrons. The number of nitrogens with zero attached hydrogens (tertiary/aromatic N) is 1. The molecule has 3 unspecified atom stereocenters. The molecule has 92 valence electrons. The Morgan fingerprint density at radius 3 is 2.00 bits per heavy atom. The summed E-state index contributed by atoms with van der Waals surface area (Å²) in [5.41, 5.74) is 5.38. The van der Waals surface area contributed by atoms with Gasteiger partial charge in [-0.05, 0) is 19.9 Å². The first-order valence-corrected chi connectivity index (χ1v) is 5.22. The number of alkyl halides is 3. The van der Waals surface area contributed by atoms with Crippen LogP contribution in [-0.4, -0.2) is 36.8 Å². The second-order valence-corrected chi connectivity index (χ2v) is 4.30. The van der Waals surface area contributed by atoms with E-state index in [1.54, 1.807) is 0 Å². The second kappa shape index (κ2) is 5.70. The van der Waals surface area contributed by atoms with Gasteiger partial charge in [-0.25, -0.2) is 0 Å². The van der Waals surface area contributed by atoms with E-state index >= 15 is 0 Å². The highest BCUT2D eigenvalue weighted by Gasteiger charge is 2.44. The van der Waals surface area contributed by atoms with Crippen LogP contribution in [0.5, 0.6) is 0 Å². The first-order chi connectivity index (χ1) is 6.70. The fourth-order valence-electron chi connectivity index (χ4n) is 1.68. The van der Waals surface area contributed by atoms with E-state index in [2.05, 4.69) is 0 Å². The average Bonchev–Trinajstić information content (AvgIpc) is 1.99. The van der Waals surface area contributed by atoms with Crippen molar-refractivity contribution in [3.8, 4) is 0 Å². The van der Waals surface area contributed by atoms with Gasteiger partial charge in [-0.3, -0.25) is 4.90 Å². The maximum atomic E-state index is 12.7. The van der Waals surface area contributed by atoms with E-state index in [1.807, 2.05) is 13.8 Å². The third-order valence-electron chi connectivity index (χ3n) is 2.60. The molecule has 0 spiro atoms. The highest BCUT2D eigenvalue weighted by molar-refractivity contribution is 4.84. The van der Waals surface area contributed by atoms with Crippen LogP contribution in [-0.2, 0) is 0 Å². The number of rotatable bonds is 5. The minimum absolute atomic E-state index is 0.249. The van der Waals surface area contributed by atoms with Gasteiger partial charge in [-0.1, -0.05) is 20.3 Å². The maximum Gasteiger partial charge on any atom is 0.405 e. The summed E-state index contributed by atoms with van der Waals surface area (Å²) in [5.74, 6) is 0.249. The molecule has 0 aromatic carbocycles. The van der Waals surface area contributed by atoms with Crippen LogP contribution in [0.25, 0.3) is 0 Å². The van der Waals surface area contributed by atoms with E-state index in [0.29, 0.717) is 6.54 Å². The van der Waals surface area contributed by atoms with Crippen LogP contribution >= 0.6 is 0 Å². The molecule has 0 aliphatic rings. The van der Waals surface area contributed by atoms with Gasteiger partial charge in [0, 0.05) is 12.6 Å². The van der Waals surface area contributed by atoms with Crippen LogP contribution < -0.4 is 5.73 Å². The fraction of sp³-hybridized carbons (Fsp3) is 1.00. The Bertz CT molecular complexity index is 180. The zero-order valence-corrected chi connectivity index (χ0v) is 9.80. The minimum atomic E-state index is -4.25. The predicted octanol–water partition coefficient (Wildman–Crippen LogP) is 2.24. The van der Waals surface area contributed by atoms with E-state index in [4.69, 9.17) is 5.73 Å². The Morgan fingerprint density at radius 2 is 1.73 bits per heavy atom. The van der Waals surface area contributed by atoms with Gasteiger partial charge in [0.05, 0.1) is 0 Å². The highest BCUT2D eigenvalue weighted by atomic mass is 19.4. The predicted molar refractivity (Wildman–Crippen MR) is 55.6 cm³/mol. The van der Waals surface area contributed by atoms with Crippen molar-refractivity contribution >= 4 is 0 Å². The monoisotopic (exact) mass is 226 g/mol. The lowest BCUT2D eigenvalue weighted by Crippen LogP contribution is -2.54. The smallest absolute Gasteiger partial charge is 0.326 e. The Balaban J connectivity index is 4.50. The van der Waals surface area contributed by atoms with Crippen LogP contribution in [0.1, 0.15) is 27.2 Å². The molecule has 15 heavy (non-hydrogen) atoms. The van der Waals surface area contributed by atoms with Gasteiger partial charge in [0.15, 0.2) is 0 Å². The van der Waals surface area contributed by atoms with E-state index in [0.717, 1.165) is 6.42 Å². The third-order valence-corrected chi connectivity index (χ3v) is 2.60. The summed E-state index contributed by atoms with van der Waals surface area (Å²) in [4.78, 5) is 1.30. The van der Waals surface area contributed by atoms with Crippen LogP contribution in [0, 0.1) is 5.92 Å². The molecule has 0 fully saturated rings. The summed E-state index contributed by atoms with van der Waals surface area (Å²) in [6.45, 7) is 5.71. The molecule has 0 bridgehead atoms. The van der Waals surface area contributed by atoms with E-state index in [1.165, 1.54) is 18.9 Å². The Hall–Kier alpha value is -0.290. The zero-order chi connectivity index (χ0) is 12.2. The Labute approximate surface area is 89.6 Å². The van der Waals surface area contributed by atoms with Crippen LogP contribution in [0.3, 0.4) is 0 Å². The Kier molecular flexibility index (Phi) is 5.59. The van der Waals surface area contributed by atoms with Crippen molar-refractivity contribution in [1.29, 1.82) is 0 Å². The van der Waals surface area contributed by atoms with Gasteiger partial charge in [0.25, 0.3) is 0 Å².